The number of nitrogens with two attached hydrogens (primary N) is 1. The number of hydrogen-bond donors (Lipinski definition) is 2. The van der Waals surface area contributed by atoms with Crippen molar-refractivity contribution >= 4 is 11.6 Å². The number of nitrogens with one attached hydrogen (secondary N) is 1. The Balaban J connectivity index is 1.84. The smallest absolute Gasteiger partial charge is 0.271 e. The van der Waals surface area contributed by atoms with Crippen molar-refractivity contribution in [1.29, 1.82) is 5.26 Å². The molecule has 0 saturated heterocycles. The minimum Gasteiger partial charge on any atom is -0.382 e. The Bertz CT molecular complexity index is 1310. The van der Waals surface area contributed by atoms with E-state index in [2.05, 4.69) is 20.4 Å². The Kier molecular flexibility index (Phi) is 5.41. The Labute approximate surface area is 178 Å². The van der Waals surface area contributed by atoms with Crippen LogP contribution < -0.4 is 16.6 Å². The van der Waals surface area contributed by atoms with Gasteiger partial charge in [-0.25, -0.2) is 9.97 Å². The molecule has 3 N–H and O–H groups in total. The summed E-state index contributed by atoms with van der Waals surface area (Å²) in [7, 11) is 0. The van der Waals surface area contributed by atoms with Gasteiger partial charge in [-0.3, -0.25) is 4.79 Å². The molecule has 2 aromatic carbocycles. The molecule has 0 aliphatic heterocycles. The van der Waals surface area contributed by atoms with Crippen LogP contribution in [0.25, 0.3) is 16.9 Å². The van der Waals surface area contributed by atoms with Crippen LogP contribution in [0.15, 0.2) is 77.9 Å². The van der Waals surface area contributed by atoms with E-state index in [-0.39, 0.29) is 23.0 Å². The lowest BCUT2D eigenvalue weighted by Gasteiger charge is -2.20. The molecule has 0 aliphatic carbocycles. The van der Waals surface area contributed by atoms with Crippen LogP contribution >= 0.6 is 0 Å². The third-order valence-electron chi connectivity index (χ3n) is 4.82. The molecule has 0 spiro atoms. The number of nitrogens with zero attached hydrogens (tertiary/aromatic N) is 5. The Morgan fingerprint density at radius 2 is 1.74 bits per heavy atom. The minimum absolute atomic E-state index is 0.0908. The fourth-order valence-corrected chi connectivity index (χ4v) is 3.28. The van der Waals surface area contributed by atoms with Crippen molar-refractivity contribution in [2.75, 3.05) is 11.1 Å². The molecule has 31 heavy (non-hydrogen) atoms. The van der Waals surface area contributed by atoms with Gasteiger partial charge in [0.1, 0.15) is 29.6 Å². The molecule has 2 heterocycles. The second-order valence-electron chi connectivity index (χ2n) is 6.86. The number of benzene rings is 2. The van der Waals surface area contributed by atoms with Crippen molar-refractivity contribution in [1.82, 2.24) is 19.7 Å². The van der Waals surface area contributed by atoms with Gasteiger partial charge in [-0.05, 0) is 19.1 Å². The van der Waals surface area contributed by atoms with E-state index in [1.165, 1.54) is 11.0 Å². The predicted octanol–water partition coefficient (Wildman–Crippen LogP) is 3.32. The molecule has 8 nitrogen and oxygen atoms in total. The molecule has 0 saturated carbocycles. The summed E-state index contributed by atoms with van der Waals surface area (Å²) in [4.78, 5) is 20.9. The first-order valence-electron chi connectivity index (χ1n) is 9.60. The van der Waals surface area contributed by atoms with E-state index in [9.17, 15) is 10.1 Å². The maximum Gasteiger partial charge on any atom is 0.271 e. The molecule has 0 radical (unpaired) electrons. The van der Waals surface area contributed by atoms with Gasteiger partial charge >= 0.3 is 0 Å². The first kappa shape index (κ1) is 19.8. The maximum atomic E-state index is 12.9. The zero-order valence-corrected chi connectivity index (χ0v) is 16.7. The number of aromatic nitrogens is 4. The molecular formula is C23H19N7O. The van der Waals surface area contributed by atoms with E-state index in [1.807, 2.05) is 73.7 Å². The molecular weight excluding hydrogens is 390 g/mol. The summed E-state index contributed by atoms with van der Waals surface area (Å²) in [5.74, 6) is 0.391. The van der Waals surface area contributed by atoms with Crippen LogP contribution in [-0.4, -0.2) is 19.7 Å². The van der Waals surface area contributed by atoms with Gasteiger partial charge in [0, 0.05) is 17.2 Å². The fraction of sp³-hybridized carbons (Fsp3) is 0.0870. The molecule has 0 bridgehead atoms. The number of rotatable bonds is 5. The minimum atomic E-state index is -0.387. The number of nitriles is 1. The lowest BCUT2D eigenvalue weighted by atomic mass is 10.0. The van der Waals surface area contributed by atoms with Gasteiger partial charge in [0.05, 0.1) is 17.4 Å². The second-order valence-corrected chi connectivity index (χ2v) is 6.86. The second kappa shape index (κ2) is 8.47. The van der Waals surface area contributed by atoms with Crippen LogP contribution in [0.1, 0.15) is 24.1 Å². The molecule has 4 aromatic rings. The lowest BCUT2D eigenvalue weighted by Crippen LogP contribution is -2.24. The van der Waals surface area contributed by atoms with E-state index >= 15 is 0 Å². The molecule has 1 atom stereocenters. The average molecular weight is 409 g/mol. The van der Waals surface area contributed by atoms with Gasteiger partial charge in [0.2, 0.25) is 0 Å². The van der Waals surface area contributed by atoms with Gasteiger partial charge in [0.25, 0.3) is 5.56 Å². The molecule has 152 valence electrons. The van der Waals surface area contributed by atoms with Gasteiger partial charge in [0.15, 0.2) is 0 Å². The zero-order chi connectivity index (χ0) is 21.8. The highest BCUT2D eigenvalue weighted by Crippen LogP contribution is 2.28. The van der Waals surface area contributed by atoms with Crippen molar-refractivity contribution in [3.8, 4) is 23.0 Å². The Morgan fingerprint density at radius 3 is 2.42 bits per heavy atom. The number of para-hydroxylation sites is 1. The van der Waals surface area contributed by atoms with E-state index < -0.39 is 0 Å². The summed E-state index contributed by atoms with van der Waals surface area (Å²) in [5.41, 5.74) is 8.53. The van der Waals surface area contributed by atoms with Crippen molar-refractivity contribution in [3.63, 3.8) is 0 Å². The van der Waals surface area contributed by atoms with Crippen LogP contribution in [0.4, 0.5) is 11.6 Å². The highest BCUT2D eigenvalue weighted by molar-refractivity contribution is 5.66. The summed E-state index contributed by atoms with van der Waals surface area (Å²) in [6.07, 6.45) is 1.29. The first-order chi connectivity index (χ1) is 15.1. The van der Waals surface area contributed by atoms with E-state index in [1.54, 1.807) is 6.07 Å². The zero-order valence-electron chi connectivity index (χ0n) is 16.7. The van der Waals surface area contributed by atoms with Crippen molar-refractivity contribution in [2.24, 2.45) is 0 Å². The van der Waals surface area contributed by atoms with E-state index in [0.29, 0.717) is 22.8 Å². The SMILES string of the molecule is CC(Nc1ncnc(N)c1C#N)c1cc(=O)n(-c2ccccc2)nc1-c1ccccc1. The summed E-state index contributed by atoms with van der Waals surface area (Å²) in [6.45, 7) is 1.87. The van der Waals surface area contributed by atoms with Gasteiger partial charge in [-0.2, -0.15) is 15.0 Å². The van der Waals surface area contributed by atoms with Crippen LogP contribution in [0.5, 0.6) is 0 Å². The quantitative estimate of drug-likeness (QED) is 0.518. The Hall–Kier alpha value is -4.51. The van der Waals surface area contributed by atoms with Gasteiger partial charge in [-0.15, -0.1) is 0 Å². The number of nitrogen functional groups attached to an aromatic ring is 1. The van der Waals surface area contributed by atoms with Crippen molar-refractivity contribution < 1.29 is 0 Å². The summed E-state index contributed by atoms with van der Waals surface area (Å²) in [6, 6.07) is 22.0. The topological polar surface area (TPSA) is 123 Å². The van der Waals surface area contributed by atoms with E-state index in [4.69, 9.17) is 5.73 Å². The van der Waals surface area contributed by atoms with Crippen molar-refractivity contribution in [2.45, 2.75) is 13.0 Å². The van der Waals surface area contributed by atoms with E-state index in [0.717, 1.165) is 5.56 Å². The first-order valence-corrected chi connectivity index (χ1v) is 9.60. The molecule has 1 unspecified atom stereocenters. The molecule has 0 aliphatic rings. The van der Waals surface area contributed by atoms with Gasteiger partial charge in [-0.1, -0.05) is 48.5 Å². The average Bonchev–Trinajstić information content (AvgIpc) is 2.80. The normalized spacial score (nSPS) is 11.5. The Morgan fingerprint density at radius 1 is 1.06 bits per heavy atom. The number of hydrogen-bond acceptors (Lipinski definition) is 7. The lowest BCUT2D eigenvalue weighted by molar-refractivity contribution is 0.775. The molecule has 0 fully saturated rings. The third kappa shape index (κ3) is 3.97. The van der Waals surface area contributed by atoms with Crippen molar-refractivity contribution in [3.05, 3.63) is 94.5 Å². The predicted molar refractivity (Wildman–Crippen MR) is 118 cm³/mol. The molecule has 0 amide bonds. The fourth-order valence-electron chi connectivity index (χ4n) is 3.28. The van der Waals surface area contributed by atoms with Crippen LogP contribution in [-0.2, 0) is 0 Å². The highest BCUT2D eigenvalue weighted by atomic mass is 16.1. The third-order valence-corrected chi connectivity index (χ3v) is 4.82. The maximum absolute atomic E-state index is 12.9. The highest BCUT2D eigenvalue weighted by Gasteiger charge is 2.19. The van der Waals surface area contributed by atoms with Crippen LogP contribution in [0.3, 0.4) is 0 Å². The molecule has 8 heteroatoms. The standard InChI is InChI=1S/C23H19N7O/c1-15(28-23-19(13-24)22(25)26-14-27-23)18-12-20(31)30(17-10-6-3-7-11-17)29-21(18)16-8-4-2-5-9-16/h2-12,14-15H,1H3,(H3,25,26,27,28). The van der Waals surface area contributed by atoms with Crippen LogP contribution in [0.2, 0.25) is 0 Å². The molecule has 2 aromatic heterocycles. The summed E-state index contributed by atoms with van der Waals surface area (Å²) < 4.78 is 1.38. The monoisotopic (exact) mass is 409 g/mol. The van der Waals surface area contributed by atoms with Gasteiger partial charge < -0.3 is 11.1 Å². The van der Waals surface area contributed by atoms with Crippen LogP contribution in [0, 0.1) is 11.3 Å². The summed E-state index contributed by atoms with van der Waals surface area (Å²) in [5, 5.41) is 17.3. The number of anilines is 2. The molecule has 4 rings (SSSR count). The summed E-state index contributed by atoms with van der Waals surface area (Å²) >= 11 is 0. The largest absolute Gasteiger partial charge is 0.382 e.